The summed E-state index contributed by atoms with van der Waals surface area (Å²) in [6.07, 6.45) is 1.72. The summed E-state index contributed by atoms with van der Waals surface area (Å²) in [6, 6.07) is 9.85. The Hall–Kier alpha value is -0.600. The van der Waals surface area contributed by atoms with Crippen molar-refractivity contribution in [2.75, 3.05) is 6.61 Å². The summed E-state index contributed by atoms with van der Waals surface area (Å²) >= 11 is 3.35. The summed E-state index contributed by atoms with van der Waals surface area (Å²) in [6.45, 7) is 0.0650. The molecule has 0 radical (unpaired) electrons. The Morgan fingerprint density at radius 1 is 1.36 bits per heavy atom. The third-order valence-electron chi connectivity index (χ3n) is 1.32. The standard InChI is InChI=1S/C9H9BrO/c10-9(6-7-11)8-4-2-1-3-5-8/h1-6,11H,7H2/b9-6-. The van der Waals surface area contributed by atoms with Crippen LogP contribution in [0.15, 0.2) is 36.4 Å². The molecule has 0 atom stereocenters. The van der Waals surface area contributed by atoms with Crippen molar-refractivity contribution < 1.29 is 5.11 Å². The minimum absolute atomic E-state index is 0.0650. The van der Waals surface area contributed by atoms with Gasteiger partial charge in [-0.3, -0.25) is 0 Å². The fraction of sp³-hybridized carbons (Fsp3) is 0.111. The van der Waals surface area contributed by atoms with Crippen LogP contribution in [0.5, 0.6) is 0 Å². The van der Waals surface area contributed by atoms with Gasteiger partial charge in [0.1, 0.15) is 0 Å². The van der Waals surface area contributed by atoms with Crippen LogP contribution in [0.4, 0.5) is 0 Å². The highest BCUT2D eigenvalue weighted by atomic mass is 79.9. The summed E-state index contributed by atoms with van der Waals surface area (Å²) in [5.41, 5.74) is 1.08. The van der Waals surface area contributed by atoms with Crippen LogP contribution in [-0.4, -0.2) is 11.7 Å². The lowest BCUT2D eigenvalue weighted by atomic mass is 10.2. The maximum Gasteiger partial charge on any atom is 0.0626 e. The second kappa shape index (κ2) is 4.31. The van der Waals surface area contributed by atoms with Crippen molar-refractivity contribution in [1.29, 1.82) is 0 Å². The van der Waals surface area contributed by atoms with Crippen LogP contribution in [0.2, 0.25) is 0 Å². The number of aliphatic hydroxyl groups excluding tert-OH is 1. The SMILES string of the molecule is OC/C=C(\Br)c1ccccc1. The van der Waals surface area contributed by atoms with Gasteiger partial charge in [0.05, 0.1) is 6.61 Å². The highest BCUT2D eigenvalue weighted by molar-refractivity contribution is 9.15. The number of hydrogen-bond donors (Lipinski definition) is 1. The predicted octanol–water partition coefficient (Wildman–Crippen LogP) is 2.41. The van der Waals surface area contributed by atoms with Crippen LogP contribution in [0.25, 0.3) is 4.48 Å². The van der Waals surface area contributed by atoms with Crippen LogP contribution in [-0.2, 0) is 0 Å². The lowest BCUT2D eigenvalue weighted by Crippen LogP contribution is -1.77. The van der Waals surface area contributed by atoms with Crippen LogP contribution < -0.4 is 0 Å². The maximum atomic E-state index is 8.59. The quantitative estimate of drug-likeness (QED) is 0.799. The molecule has 0 heterocycles. The van der Waals surface area contributed by atoms with E-state index in [9.17, 15) is 0 Å². The average molecular weight is 213 g/mol. The molecule has 1 aromatic rings. The topological polar surface area (TPSA) is 20.2 Å². The van der Waals surface area contributed by atoms with Crippen molar-refractivity contribution in [3.63, 3.8) is 0 Å². The largest absolute Gasteiger partial charge is 0.392 e. The van der Waals surface area contributed by atoms with Crippen LogP contribution in [0.1, 0.15) is 5.56 Å². The van der Waals surface area contributed by atoms with Crippen molar-refractivity contribution in [2.24, 2.45) is 0 Å². The third kappa shape index (κ3) is 2.48. The zero-order valence-electron chi connectivity index (χ0n) is 6.00. The van der Waals surface area contributed by atoms with Gasteiger partial charge in [-0.15, -0.1) is 0 Å². The van der Waals surface area contributed by atoms with Crippen LogP contribution in [0.3, 0.4) is 0 Å². The second-order valence-corrected chi connectivity index (χ2v) is 2.95. The van der Waals surface area contributed by atoms with E-state index in [0.29, 0.717) is 0 Å². The molecule has 2 heteroatoms. The lowest BCUT2D eigenvalue weighted by Gasteiger charge is -1.96. The normalized spacial score (nSPS) is 11.6. The molecule has 1 N–H and O–H groups in total. The van der Waals surface area contributed by atoms with Gasteiger partial charge in [-0.1, -0.05) is 46.3 Å². The maximum absolute atomic E-state index is 8.59. The fourth-order valence-electron chi connectivity index (χ4n) is 0.795. The molecule has 11 heavy (non-hydrogen) atoms. The van der Waals surface area contributed by atoms with Crippen molar-refractivity contribution in [3.8, 4) is 0 Å². The molecule has 0 fully saturated rings. The van der Waals surface area contributed by atoms with E-state index in [0.717, 1.165) is 10.0 Å². The van der Waals surface area contributed by atoms with Crippen LogP contribution in [0, 0.1) is 0 Å². The van der Waals surface area contributed by atoms with Gasteiger partial charge in [0.2, 0.25) is 0 Å². The Morgan fingerprint density at radius 3 is 2.55 bits per heavy atom. The first kappa shape index (κ1) is 8.50. The molecule has 1 rings (SSSR count). The summed E-state index contributed by atoms with van der Waals surface area (Å²) in [7, 11) is 0. The van der Waals surface area contributed by atoms with E-state index in [1.54, 1.807) is 6.08 Å². The van der Waals surface area contributed by atoms with E-state index < -0.39 is 0 Å². The molecule has 1 nitrogen and oxygen atoms in total. The van der Waals surface area contributed by atoms with Crippen LogP contribution >= 0.6 is 15.9 Å². The second-order valence-electron chi connectivity index (χ2n) is 2.10. The highest BCUT2D eigenvalue weighted by Crippen LogP contribution is 2.19. The number of halogens is 1. The molecule has 0 unspecified atom stereocenters. The van der Waals surface area contributed by atoms with E-state index >= 15 is 0 Å². The van der Waals surface area contributed by atoms with Gasteiger partial charge >= 0.3 is 0 Å². The van der Waals surface area contributed by atoms with Crippen molar-refractivity contribution >= 4 is 20.4 Å². The molecule has 0 saturated heterocycles. The van der Waals surface area contributed by atoms with Gasteiger partial charge in [-0.2, -0.15) is 0 Å². The van der Waals surface area contributed by atoms with Crippen molar-refractivity contribution in [2.45, 2.75) is 0 Å². The first-order valence-electron chi connectivity index (χ1n) is 3.36. The van der Waals surface area contributed by atoms with Crippen molar-refractivity contribution in [1.82, 2.24) is 0 Å². The third-order valence-corrected chi connectivity index (χ3v) is 2.10. The summed E-state index contributed by atoms with van der Waals surface area (Å²) in [4.78, 5) is 0. The molecule has 0 spiro atoms. The zero-order valence-corrected chi connectivity index (χ0v) is 7.58. The number of benzene rings is 1. The molecule has 0 saturated carbocycles. The van der Waals surface area contributed by atoms with Gasteiger partial charge < -0.3 is 5.11 Å². The van der Waals surface area contributed by atoms with Gasteiger partial charge in [0.25, 0.3) is 0 Å². The molecule has 0 aromatic heterocycles. The first-order valence-corrected chi connectivity index (χ1v) is 4.16. The van der Waals surface area contributed by atoms with E-state index in [1.807, 2.05) is 30.3 Å². The predicted molar refractivity (Wildman–Crippen MR) is 50.4 cm³/mol. The number of rotatable bonds is 2. The Kier molecular flexibility index (Phi) is 3.33. The molecule has 0 aliphatic rings. The first-order chi connectivity index (χ1) is 5.34. The Balaban J connectivity index is 2.85. The molecule has 58 valence electrons. The lowest BCUT2D eigenvalue weighted by molar-refractivity contribution is 0.343. The molecule has 0 bridgehead atoms. The average Bonchev–Trinajstić information content (AvgIpc) is 2.07. The van der Waals surface area contributed by atoms with Gasteiger partial charge in [-0.25, -0.2) is 0 Å². The van der Waals surface area contributed by atoms with E-state index in [1.165, 1.54) is 0 Å². The van der Waals surface area contributed by atoms with E-state index in [2.05, 4.69) is 15.9 Å². The molecule has 1 aromatic carbocycles. The summed E-state index contributed by atoms with van der Waals surface area (Å²) in [5, 5.41) is 8.59. The molecule has 0 aliphatic heterocycles. The fourth-order valence-corrected chi connectivity index (χ4v) is 1.20. The van der Waals surface area contributed by atoms with Crippen molar-refractivity contribution in [3.05, 3.63) is 42.0 Å². The Labute approximate surface area is 74.5 Å². The van der Waals surface area contributed by atoms with Gasteiger partial charge in [0.15, 0.2) is 0 Å². The van der Waals surface area contributed by atoms with Gasteiger partial charge in [0, 0.05) is 4.48 Å². The smallest absolute Gasteiger partial charge is 0.0626 e. The number of hydrogen-bond acceptors (Lipinski definition) is 1. The van der Waals surface area contributed by atoms with E-state index in [-0.39, 0.29) is 6.61 Å². The monoisotopic (exact) mass is 212 g/mol. The summed E-state index contributed by atoms with van der Waals surface area (Å²) < 4.78 is 0.931. The Bertz CT molecular complexity index is 241. The van der Waals surface area contributed by atoms with E-state index in [4.69, 9.17) is 5.11 Å². The summed E-state index contributed by atoms with van der Waals surface area (Å²) in [5.74, 6) is 0. The molecule has 0 aliphatic carbocycles. The number of aliphatic hydroxyl groups is 1. The zero-order chi connectivity index (χ0) is 8.10. The molecular weight excluding hydrogens is 204 g/mol. The molecular formula is C9H9BrO. The highest BCUT2D eigenvalue weighted by Gasteiger charge is 1.92. The van der Waals surface area contributed by atoms with Gasteiger partial charge in [-0.05, 0) is 11.6 Å². The minimum atomic E-state index is 0.0650. The molecule has 0 amide bonds. The minimum Gasteiger partial charge on any atom is -0.392 e. The Morgan fingerprint density at radius 2 is 2.00 bits per heavy atom.